The smallest absolute Gasteiger partial charge is 0.223 e. The third-order valence-corrected chi connectivity index (χ3v) is 6.07. The van der Waals surface area contributed by atoms with Crippen LogP contribution in [0.5, 0.6) is 0 Å². The molecule has 0 atom stereocenters. The molecule has 6 heteroatoms. The van der Waals surface area contributed by atoms with E-state index in [1.807, 2.05) is 30.3 Å². The molecule has 1 saturated heterocycles. The maximum Gasteiger partial charge on any atom is 0.223 e. The van der Waals surface area contributed by atoms with Crippen molar-refractivity contribution in [2.75, 3.05) is 18.0 Å². The number of carbonyl (C=O) groups excluding carboxylic acids is 1. The number of benzene rings is 1. The van der Waals surface area contributed by atoms with Crippen LogP contribution in [-0.4, -0.2) is 29.0 Å². The van der Waals surface area contributed by atoms with E-state index in [2.05, 4.69) is 32.5 Å². The zero-order valence-corrected chi connectivity index (χ0v) is 15.6. The highest BCUT2D eigenvalue weighted by molar-refractivity contribution is 7.18. The molecular formula is C20H22N4OS. The number of fused-ring (bicyclic) bond motifs is 1. The molecule has 134 valence electrons. The Morgan fingerprint density at radius 1 is 1.23 bits per heavy atom. The van der Waals surface area contributed by atoms with Crippen LogP contribution >= 0.6 is 11.3 Å². The number of piperidine rings is 1. The van der Waals surface area contributed by atoms with Gasteiger partial charge < -0.3 is 10.2 Å². The molecule has 0 aliphatic carbocycles. The standard InChI is InChI=1S/C20H22N4OS/c1-14-12-26-18-17(14)22-13-23-19(18)24-9-7-16(8-10-24)20(25)21-11-15-5-3-2-4-6-15/h2-6,12-13,16H,7-11H2,1H3,(H,21,25). The Balaban J connectivity index is 1.37. The van der Waals surface area contributed by atoms with Crippen LogP contribution in [-0.2, 0) is 11.3 Å². The van der Waals surface area contributed by atoms with Crippen LogP contribution in [0.4, 0.5) is 5.82 Å². The lowest BCUT2D eigenvalue weighted by Crippen LogP contribution is -2.40. The predicted octanol–water partition coefficient (Wildman–Crippen LogP) is 3.53. The van der Waals surface area contributed by atoms with Gasteiger partial charge in [-0.2, -0.15) is 0 Å². The average Bonchev–Trinajstić information content (AvgIpc) is 3.08. The van der Waals surface area contributed by atoms with Gasteiger partial charge in [0.2, 0.25) is 5.91 Å². The molecule has 0 saturated carbocycles. The van der Waals surface area contributed by atoms with E-state index in [9.17, 15) is 4.79 Å². The summed E-state index contributed by atoms with van der Waals surface area (Å²) in [7, 11) is 0. The number of carbonyl (C=O) groups is 1. The first kappa shape index (κ1) is 17.0. The molecule has 1 aliphatic heterocycles. The molecule has 1 N–H and O–H groups in total. The third kappa shape index (κ3) is 3.42. The maximum absolute atomic E-state index is 12.5. The van der Waals surface area contributed by atoms with E-state index >= 15 is 0 Å². The van der Waals surface area contributed by atoms with Crippen molar-refractivity contribution >= 4 is 33.3 Å². The van der Waals surface area contributed by atoms with Crippen molar-refractivity contribution in [2.45, 2.75) is 26.3 Å². The average molecular weight is 366 g/mol. The topological polar surface area (TPSA) is 58.1 Å². The molecule has 3 heterocycles. The summed E-state index contributed by atoms with van der Waals surface area (Å²) < 4.78 is 1.15. The van der Waals surface area contributed by atoms with Gasteiger partial charge in [-0.3, -0.25) is 4.79 Å². The second kappa shape index (κ2) is 7.41. The Bertz CT molecular complexity index is 901. The summed E-state index contributed by atoms with van der Waals surface area (Å²) >= 11 is 1.70. The van der Waals surface area contributed by atoms with Gasteiger partial charge in [-0.05, 0) is 36.3 Å². The van der Waals surface area contributed by atoms with E-state index in [0.717, 1.165) is 47.5 Å². The number of nitrogens with zero attached hydrogens (tertiary/aromatic N) is 3. The van der Waals surface area contributed by atoms with Gasteiger partial charge in [-0.25, -0.2) is 9.97 Å². The van der Waals surface area contributed by atoms with Crippen molar-refractivity contribution in [1.82, 2.24) is 15.3 Å². The predicted molar refractivity (Wildman–Crippen MR) is 105 cm³/mol. The Kier molecular flexibility index (Phi) is 4.84. The summed E-state index contributed by atoms with van der Waals surface area (Å²) in [5.74, 6) is 1.25. The van der Waals surface area contributed by atoms with Crippen molar-refractivity contribution in [3.63, 3.8) is 0 Å². The fourth-order valence-corrected chi connectivity index (χ4v) is 4.48. The van der Waals surface area contributed by atoms with Crippen LogP contribution in [0.2, 0.25) is 0 Å². The van der Waals surface area contributed by atoms with E-state index in [0.29, 0.717) is 6.54 Å². The van der Waals surface area contributed by atoms with Crippen LogP contribution in [0.3, 0.4) is 0 Å². The van der Waals surface area contributed by atoms with Crippen molar-refractivity contribution in [3.8, 4) is 0 Å². The number of aryl methyl sites for hydroxylation is 1. The van der Waals surface area contributed by atoms with E-state index in [4.69, 9.17) is 0 Å². The molecule has 2 aromatic heterocycles. The molecule has 5 nitrogen and oxygen atoms in total. The molecule has 3 aromatic rings. The quantitative estimate of drug-likeness (QED) is 0.767. The van der Waals surface area contributed by atoms with Crippen LogP contribution in [0.1, 0.15) is 24.0 Å². The lowest BCUT2D eigenvalue weighted by molar-refractivity contribution is -0.125. The first-order valence-electron chi connectivity index (χ1n) is 8.98. The summed E-state index contributed by atoms with van der Waals surface area (Å²) in [5.41, 5.74) is 3.38. The molecule has 4 rings (SSSR count). The second-order valence-corrected chi connectivity index (χ2v) is 7.64. The van der Waals surface area contributed by atoms with Crippen LogP contribution in [0.15, 0.2) is 42.0 Å². The van der Waals surface area contributed by atoms with Crippen LogP contribution < -0.4 is 10.2 Å². The molecule has 1 amide bonds. The van der Waals surface area contributed by atoms with Crippen molar-refractivity contribution in [2.24, 2.45) is 5.92 Å². The molecule has 0 unspecified atom stereocenters. The zero-order valence-electron chi connectivity index (χ0n) is 14.8. The van der Waals surface area contributed by atoms with E-state index in [-0.39, 0.29) is 11.8 Å². The number of hydrogen-bond acceptors (Lipinski definition) is 5. The summed E-state index contributed by atoms with van der Waals surface area (Å²) in [5, 5.41) is 5.21. The number of amides is 1. The molecule has 0 spiro atoms. The van der Waals surface area contributed by atoms with E-state index in [1.54, 1.807) is 17.7 Å². The zero-order chi connectivity index (χ0) is 17.9. The Morgan fingerprint density at radius 3 is 2.77 bits per heavy atom. The fraction of sp³-hybridized carbons (Fsp3) is 0.350. The lowest BCUT2D eigenvalue weighted by atomic mass is 9.96. The minimum Gasteiger partial charge on any atom is -0.355 e. The monoisotopic (exact) mass is 366 g/mol. The molecule has 1 aliphatic rings. The highest BCUT2D eigenvalue weighted by atomic mass is 32.1. The fourth-order valence-electron chi connectivity index (χ4n) is 3.47. The van der Waals surface area contributed by atoms with Gasteiger partial charge in [-0.1, -0.05) is 30.3 Å². The van der Waals surface area contributed by atoms with Crippen LogP contribution in [0.25, 0.3) is 10.2 Å². The SMILES string of the molecule is Cc1csc2c(N3CCC(C(=O)NCc4ccccc4)CC3)ncnc12. The molecule has 1 fully saturated rings. The Morgan fingerprint density at radius 2 is 2.00 bits per heavy atom. The number of aromatic nitrogens is 2. The van der Waals surface area contributed by atoms with Crippen molar-refractivity contribution in [3.05, 3.63) is 53.2 Å². The van der Waals surface area contributed by atoms with Gasteiger partial charge in [0.05, 0.1) is 10.2 Å². The Hall–Kier alpha value is -2.47. The second-order valence-electron chi connectivity index (χ2n) is 6.76. The summed E-state index contributed by atoms with van der Waals surface area (Å²) in [4.78, 5) is 23.7. The molecule has 0 radical (unpaired) electrons. The Labute approximate surface area is 157 Å². The van der Waals surface area contributed by atoms with Crippen molar-refractivity contribution in [1.29, 1.82) is 0 Å². The molecule has 1 aromatic carbocycles. The summed E-state index contributed by atoms with van der Waals surface area (Å²) in [6.45, 7) is 4.39. The van der Waals surface area contributed by atoms with Crippen LogP contribution in [0, 0.1) is 12.8 Å². The first-order valence-corrected chi connectivity index (χ1v) is 9.85. The molecule has 0 bridgehead atoms. The van der Waals surface area contributed by atoms with Gasteiger partial charge in [-0.15, -0.1) is 11.3 Å². The van der Waals surface area contributed by atoms with Gasteiger partial charge >= 0.3 is 0 Å². The lowest BCUT2D eigenvalue weighted by Gasteiger charge is -2.32. The molecular weight excluding hydrogens is 344 g/mol. The molecule has 26 heavy (non-hydrogen) atoms. The number of thiophene rings is 1. The van der Waals surface area contributed by atoms with Gasteiger partial charge in [0, 0.05) is 25.6 Å². The van der Waals surface area contributed by atoms with E-state index in [1.165, 1.54) is 5.56 Å². The highest BCUT2D eigenvalue weighted by Crippen LogP contribution is 2.32. The first-order chi connectivity index (χ1) is 12.7. The highest BCUT2D eigenvalue weighted by Gasteiger charge is 2.26. The number of hydrogen-bond donors (Lipinski definition) is 1. The van der Waals surface area contributed by atoms with E-state index < -0.39 is 0 Å². The van der Waals surface area contributed by atoms with Gasteiger partial charge in [0.15, 0.2) is 0 Å². The van der Waals surface area contributed by atoms with Crippen molar-refractivity contribution < 1.29 is 4.79 Å². The number of anilines is 1. The number of rotatable bonds is 4. The van der Waals surface area contributed by atoms with Gasteiger partial charge in [0.1, 0.15) is 12.1 Å². The third-order valence-electron chi connectivity index (χ3n) is 4.99. The minimum absolute atomic E-state index is 0.0809. The summed E-state index contributed by atoms with van der Waals surface area (Å²) in [6.07, 6.45) is 3.36. The normalized spacial score (nSPS) is 15.3. The largest absolute Gasteiger partial charge is 0.355 e. The minimum atomic E-state index is 0.0809. The summed E-state index contributed by atoms with van der Waals surface area (Å²) in [6, 6.07) is 10.0. The maximum atomic E-state index is 12.5. The number of nitrogens with one attached hydrogen (secondary N) is 1. The van der Waals surface area contributed by atoms with Gasteiger partial charge in [0.25, 0.3) is 0 Å².